The molecule has 27 heavy (non-hydrogen) atoms. The van der Waals surface area contributed by atoms with Gasteiger partial charge in [0.15, 0.2) is 0 Å². The maximum atomic E-state index is 13.3. The fourth-order valence-corrected chi connectivity index (χ4v) is 3.79. The molecule has 0 atom stereocenters. The highest BCUT2D eigenvalue weighted by atomic mass is 19.1. The average molecular weight is 358 g/mol. The number of benzene rings is 1. The van der Waals surface area contributed by atoms with E-state index in [0.717, 1.165) is 42.2 Å². The largest absolute Gasteiger partial charge is 0.302 e. The minimum absolute atomic E-state index is 0.230. The van der Waals surface area contributed by atoms with Crippen molar-refractivity contribution < 1.29 is 4.39 Å². The Labute approximate surface area is 156 Å². The van der Waals surface area contributed by atoms with Crippen LogP contribution in [0.4, 0.5) is 4.39 Å². The zero-order chi connectivity index (χ0) is 18.2. The standard InChI is InChI=1S/C22H19FN4/c23-19-6-4-17(5-7-19)22-20(27-12-2-1-3-21(27)25-22)15-26-13-18(14-26)16-8-10-24-11-9-16/h1-12,18H,13-15H2. The van der Waals surface area contributed by atoms with Crippen molar-refractivity contribution >= 4 is 5.65 Å². The van der Waals surface area contributed by atoms with E-state index < -0.39 is 0 Å². The first-order valence-corrected chi connectivity index (χ1v) is 9.12. The van der Waals surface area contributed by atoms with Crippen LogP contribution in [0.2, 0.25) is 0 Å². The summed E-state index contributed by atoms with van der Waals surface area (Å²) in [4.78, 5) is 11.3. The van der Waals surface area contributed by atoms with Crippen molar-refractivity contribution in [2.24, 2.45) is 0 Å². The van der Waals surface area contributed by atoms with Gasteiger partial charge in [-0.3, -0.25) is 9.88 Å². The molecule has 1 saturated heterocycles. The first kappa shape index (κ1) is 16.1. The van der Waals surface area contributed by atoms with Gasteiger partial charge < -0.3 is 4.40 Å². The molecule has 1 fully saturated rings. The van der Waals surface area contributed by atoms with Gasteiger partial charge in [0, 0.05) is 49.7 Å². The van der Waals surface area contributed by atoms with E-state index in [1.165, 1.54) is 17.7 Å². The second kappa shape index (κ2) is 6.59. The summed E-state index contributed by atoms with van der Waals surface area (Å²) in [5.74, 6) is 0.327. The van der Waals surface area contributed by atoms with Crippen LogP contribution in [-0.2, 0) is 6.54 Å². The molecule has 3 aromatic heterocycles. The first-order chi connectivity index (χ1) is 13.3. The van der Waals surface area contributed by atoms with Crippen LogP contribution in [-0.4, -0.2) is 32.4 Å². The van der Waals surface area contributed by atoms with E-state index in [-0.39, 0.29) is 5.82 Å². The zero-order valence-corrected chi connectivity index (χ0v) is 14.8. The molecule has 134 valence electrons. The van der Waals surface area contributed by atoms with Crippen LogP contribution >= 0.6 is 0 Å². The summed E-state index contributed by atoms with van der Waals surface area (Å²) in [6.45, 7) is 2.86. The van der Waals surface area contributed by atoms with Crippen molar-refractivity contribution in [1.29, 1.82) is 0 Å². The van der Waals surface area contributed by atoms with Gasteiger partial charge >= 0.3 is 0 Å². The third kappa shape index (κ3) is 3.00. The molecule has 4 aromatic rings. The summed E-state index contributed by atoms with van der Waals surface area (Å²) in [7, 11) is 0. The number of fused-ring (bicyclic) bond motifs is 1. The first-order valence-electron chi connectivity index (χ1n) is 9.12. The van der Waals surface area contributed by atoms with Gasteiger partial charge in [0.2, 0.25) is 0 Å². The number of hydrogen-bond acceptors (Lipinski definition) is 3. The van der Waals surface area contributed by atoms with E-state index in [4.69, 9.17) is 4.98 Å². The second-order valence-corrected chi connectivity index (χ2v) is 7.01. The van der Waals surface area contributed by atoms with Crippen LogP contribution in [0.1, 0.15) is 17.2 Å². The SMILES string of the molecule is Fc1ccc(-c2nc3ccccn3c2CN2CC(c3ccncc3)C2)cc1. The lowest BCUT2D eigenvalue weighted by Gasteiger charge is -2.39. The van der Waals surface area contributed by atoms with Crippen molar-refractivity contribution in [3.05, 3.63) is 90.3 Å². The van der Waals surface area contributed by atoms with Crippen molar-refractivity contribution in [3.63, 3.8) is 0 Å². The van der Waals surface area contributed by atoms with Gasteiger partial charge in [0.05, 0.1) is 11.4 Å². The Morgan fingerprint density at radius 2 is 1.74 bits per heavy atom. The maximum absolute atomic E-state index is 13.3. The molecular weight excluding hydrogens is 339 g/mol. The van der Waals surface area contributed by atoms with Crippen molar-refractivity contribution in [2.75, 3.05) is 13.1 Å². The summed E-state index contributed by atoms with van der Waals surface area (Å²) in [6.07, 6.45) is 5.76. The van der Waals surface area contributed by atoms with E-state index in [1.54, 1.807) is 12.1 Å². The van der Waals surface area contributed by atoms with E-state index in [2.05, 4.69) is 26.4 Å². The molecule has 0 saturated carbocycles. The summed E-state index contributed by atoms with van der Waals surface area (Å²) in [5.41, 5.74) is 5.27. The monoisotopic (exact) mass is 358 g/mol. The van der Waals surface area contributed by atoms with Crippen LogP contribution in [0.25, 0.3) is 16.9 Å². The molecule has 0 aliphatic carbocycles. The molecule has 1 aliphatic rings. The molecule has 1 aromatic carbocycles. The van der Waals surface area contributed by atoms with Gasteiger partial charge in [-0.25, -0.2) is 9.37 Å². The Balaban J connectivity index is 1.44. The molecule has 4 nitrogen and oxygen atoms in total. The van der Waals surface area contributed by atoms with E-state index in [0.29, 0.717) is 5.92 Å². The predicted molar refractivity (Wildman–Crippen MR) is 103 cm³/mol. The lowest BCUT2D eigenvalue weighted by molar-refractivity contribution is 0.137. The van der Waals surface area contributed by atoms with Gasteiger partial charge in [-0.05, 0) is 54.1 Å². The van der Waals surface area contributed by atoms with Gasteiger partial charge in [-0.2, -0.15) is 0 Å². The van der Waals surface area contributed by atoms with E-state index >= 15 is 0 Å². The number of halogens is 1. The van der Waals surface area contributed by atoms with Crippen molar-refractivity contribution in [3.8, 4) is 11.3 Å². The number of pyridine rings is 2. The molecule has 0 spiro atoms. The molecule has 0 N–H and O–H groups in total. The van der Waals surface area contributed by atoms with Gasteiger partial charge in [-0.1, -0.05) is 6.07 Å². The topological polar surface area (TPSA) is 33.4 Å². The average Bonchev–Trinajstić information content (AvgIpc) is 3.04. The molecule has 5 rings (SSSR count). The van der Waals surface area contributed by atoms with Crippen LogP contribution < -0.4 is 0 Å². The Kier molecular flexibility index (Phi) is 3.94. The normalized spacial score (nSPS) is 15.1. The fraction of sp³-hybridized carbons (Fsp3) is 0.182. The predicted octanol–water partition coefficient (Wildman–Crippen LogP) is 4.13. The minimum Gasteiger partial charge on any atom is -0.302 e. The highest BCUT2D eigenvalue weighted by Crippen LogP contribution is 2.31. The lowest BCUT2D eigenvalue weighted by atomic mass is 9.92. The third-order valence-electron chi connectivity index (χ3n) is 5.25. The number of rotatable bonds is 4. The Bertz CT molecular complexity index is 1070. The summed E-state index contributed by atoms with van der Waals surface area (Å²) >= 11 is 0. The Morgan fingerprint density at radius 1 is 0.963 bits per heavy atom. The number of imidazole rings is 1. The Hall–Kier alpha value is -3.05. The molecule has 0 bridgehead atoms. The minimum atomic E-state index is -0.230. The Morgan fingerprint density at radius 3 is 2.52 bits per heavy atom. The highest BCUT2D eigenvalue weighted by Gasteiger charge is 2.29. The van der Waals surface area contributed by atoms with Gasteiger partial charge in [-0.15, -0.1) is 0 Å². The molecule has 0 unspecified atom stereocenters. The molecule has 0 radical (unpaired) electrons. The molecule has 1 aliphatic heterocycles. The quantitative estimate of drug-likeness (QED) is 0.550. The fourth-order valence-electron chi connectivity index (χ4n) is 3.79. The molecule has 5 heteroatoms. The van der Waals surface area contributed by atoms with Crippen LogP contribution in [0.5, 0.6) is 0 Å². The summed E-state index contributed by atoms with van der Waals surface area (Å²) in [6, 6.07) is 16.8. The lowest BCUT2D eigenvalue weighted by Crippen LogP contribution is -2.44. The van der Waals surface area contributed by atoms with E-state index in [1.807, 2.05) is 36.8 Å². The molecular formula is C22H19FN4. The van der Waals surface area contributed by atoms with E-state index in [9.17, 15) is 4.39 Å². The number of aromatic nitrogens is 3. The highest BCUT2D eigenvalue weighted by molar-refractivity contribution is 5.66. The van der Waals surface area contributed by atoms with Crippen LogP contribution in [0.15, 0.2) is 73.2 Å². The smallest absolute Gasteiger partial charge is 0.137 e. The number of nitrogens with zero attached hydrogens (tertiary/aromatic N) is 4. The van der Waals surface area contributed by atoms with Crippen LogP contribution in [0.3, 0.4) is 0 Å². The summed E-state index contributed by atoms with van der Waals surface area (Å²) < 4.78 is 15.5. The molecule has 4 heterocycles. The number of hydrogen-bond donors (Lipinski definition) is 0. The maximum Gasteiger partial charge on any atom is 0.137 e. The second-order valence-electron chi connectivity index (χ2n) is 7.01. The van der Waals surface area contributed by atoms with Crippen LogP contribution in [0, 0.1) is 5.82 Å². The number of likely N-dealkylation sites (tertiary alicyclic amines) is 1. The zero-order valence-electron chi connectivity index (χ0n) is 14.8. The van der Waals surface area contributed by atoms with Crippen molar-refractivity contribution in [1.82, 2.24) is 19.3 Å². The van der Waals surface area contributed by atoms with Gasteiger partial charge in [0.25, 0.3) is 0 Å². The molecule has 0 amide bonds. The summed E-state index contributed by atoms with van der Waals surface area (Å²) in [5, 5.41) is 0. The third-order valence-corrected chi connectivity index (χ3v) is 5.25. The van der Waals surface area contributed by atoms with Gasteiger partial charge in [0.1, 0.15) is 11.5 Å². The van der Waals surface area contributed by atoms with Crippen molar-refractivity contribution in [2.45, 2.75) is 12.5 Å².